The minimum absolute atomic E-state index is 0.0177. The van der Waals surface area contributed by atoms with Crippen molar-refractivity contribution in [2.45, 2.75) is 38.2 Å². The van der Waals surface area contributed by atoms with E-state index in [0.717, 1.165) is 41.6 Å². The largest absolute Gasteiger partial charge is 0.388 e. The molecule has 2 aromatic rings. The SMILES string of the molecule is Cc1nn(C)c2sc(C(=O)N(C)CC3(O)CCCC3)cc12. The molecule has 3 rings (SSSR count). The maximum Gasteiger partial charge on any atom is 0.263 e. The number of carbonyl (C=O) groups excluding carboxylic acids is 1. The van der Waals surface area contributed by atoms with Gasteiger partial charge in [0, 0.05) is 26.0 Å². The van der Waals surface area contributed by atoms with E-state index in [-0.39, 0.29) is 5.91 Å². The zero-order chi connectivity index (χ0) is 15.2. The minimum Gasteiger partial charge on any atom is -0.388 e. The van der Waals surface area contributed by atoms with Gasteiger partial charge in [-0.15, -0.1) is 11.3 Å². The molecule has 2 aromatic heterocycles. The van der Waals surface area contributed by atoms with Crippen molar-refractivity contribution in [2.24, 2.45) is 7.05 Å². The molecule has 0 aromatic carbocycles. The normalized spacial score (nSPS) is 17.5. The monoisotopic (exact) mass is 307 g/mol. The van der Waals surface area contributed by atoms with Gasteiger partial charge in [0.2, 0.25) is 0 Å². The molecule has 0 atom stereocenters. The van der Waals surface area contributed by atoms with E-state index in [2.05, 4.69) is 5.10 Å². The standard InChI is InChI=1S/C15H21N3O2S/c1-10-11-8-12(21-14(11)18(3)16-10)13(19)17(2)9-15(20)6-4-5-7-15/h8,20H,4-7,9H2,1-3H3. The molecule has 1 N–H and O–H groups in total. The van der Waals surface area contributed by atoms with E-state index in [0.29, 0.717) is 11.4 Å². The number of aromatic nitrogens is 2. The smallest absolute Gasteiger partial charge is 0.263 e. The molecule has 6 heteroatoms. The number of thiophene rings is 1. The van der Waals surface area contributed by atoms with Gasteiger partial charge in [-0.3, -0.25) is 9.48 Å². The van der Waals surface area contributed by atoms with Crippen LogP contribution < -0.4 is 0 Å². The van der Waals surface area contributed by atoms with Crippen molar-refractivity contribution in [3.8, 4) is 0 Å². The van der Waals surface area contributed by atoms with Crippen molar-refractivity contribution >= 4 is 27.5 Å². The van der Waals surface area contributed by atoms with Gasteiger partial charge >= 0.3 is 0 Å². The second-order valence-electron chi connectivity index (χ2n) is 6.13. The molecule has 1 amide bonds. The number of nitrogens with zero attached hydrogens (tertiary/aromatic N) is 3. The van der Waals surface area contributed by atoms with Crippen molar-refractivity contribution < 1.29 is 9.90 Å². The van der Waals surface area contributed by atoms with Gasteiger partial charge in [0.1, 0.15) is 4.83 Å². The van der Waals surface area contributed by atoms with Crippen LogP contribution in [0.4, 0.5) is 0 Å². The van der Waals surface area contributed by atoms with E-state index >= 15 is 0 Å². The van der Waals surface area contributed by atoms with Gasteiger partial charge in [-0.2, -0.15) is 5.10 Å². The summed E-state index contributed by atoms with van der Waals surface area (Å²) in [6.45, 7) is 2.37. The Bertz CT molecular complexity index is 648. The highest BCUT2D eigenvalue weighted by atomic mass is 32.1. The summed E-state index contributed by atoms with van der Waals surface area (Å²) in [6.07, 6.45) is 3.68. The van der Waals surface area contributed by atoms with Gasteiger partial charge in [-0.25, -0.2) is 0 Å². The molecule has 0 spiro atoms. The van der Waals surface area contributed by atoms with Crippen molar-refractivity contribution in [3.05, 3.63) is 16.6 Å². The van der Waals surface area contributed by atoms with Crippen LogP contribution in [0.15, 0.2) is 6.07 Å². The molecular weight excluding hydrogens is 286 g/mol. The molecule has 0 unspecified atom stereocenters. The number of rotatable bonds is 3. The molecule has 1 fully saturated rings. The predicted molar refractivity (Wildman–Crippen MR) is 83.7 cm³/mol. The Morgan fingerprint density at radius 2 is 2.19 bits per heavy atom. The summed E-state index contributed by atoms with van der Waals surface area (Å²) >= 11 is 1.47. The first kappa shape index (κ1) is 14.5. The van der Waals surface area contributed by atoms with Crippen LogP contribution in [0.2, 0.25) is 0 Å². The summed E-state index contributed by atoms with van der Waals surface area (Å²) < 4.78 is 1.82. The number of likely N-dealkylation sites (N-methyl/N-ethyl adjacent to an activating group) is 1. The maximum absolute atomic E-state index is 12.6. The summed E-state index contributed by atoms with van der Waals surface area (Å²) in [5.74, 6) is -0.0177. The first-order valence-electron chi connectivity index (χ1n) is 7.31. The van der Waals surface area contributed by atoms with Crippen molar-refractivity contribution in [1.82, 2.24) is 14.7 Å². The molecule has 1 saturated carbocycles. The lowest BCUT2D eigenvalue weighted by Gasteiger charge is -2.28. The fraction of sp³-hybridized carbons (Fsp3) is 0.600. The summed E-state index contributed by atoms with van der Waals surface area (Å²) in [5.41, 5.74) is 0.248. The van der Waals surface area contributed by atoms with Crippen LogP contribution in [0.5, 0.6) is 0 Å². The Morgan fingerprint density at radius 3 is 2.81 bits per heavy atom. The second-order valence-corrected chi connectivity index (χ2v) is 7.16. The second kappa shape index (κ2) is 5.10. The van der Waals surface area contributed by atoms with E-state index in [1.807, 2.05) is 24.7 Å². The van der Waals surface area contributed by atoms with Crippen LogP contribution >= 0.6 is 11.3 Å². The molecule has 0 radical (unpaired) electrons. The fourth-order valence-corrected chi connectivity index (χ4v) is 4.32. The van der Waals surface area contributed by atoms with E-state index < -0.39 is 5.60 Å². The third-order valence-corrected chi connectivity index (χ3v) is 5.51. The molecule has 1 aliphatic rings. The fourth-order valence-electron chi connectivity index (χ4n) is 3.20. The first-order valence-corrected chi connectivity index (χ1v) is 8.12. The third kappa shape index (κ3) is 2.58. The lowest BCUT2D eigenvalue weighted by Crippen LogP contribution is -2.41. The summed E-state index contributed by atoms with van der Waals surface area (Å²) in [4.78, 5) is 15.9. The molecule has 0 aliphatic heterocycles. The summed E-state index contributed by atoms with van der Waals surface area (Å²) in [6, 6.07) is 1.92. The third-order valence-electron chi connectivity index (χ3n) is 4.32. The Labute approximate surface area is 128 Å². The average molecular weight is 307 g/mol. The highest BCUT2D eigenvalue weighted by molar-refractivity contribution is 7.20. The Hall–Kier alpha value is -1.40. The molecular formula is C15H21N3O2S. The summed E-state index contributed by atoms with van der Waals surface area (Å²) in [5, 5.41) is 15.8. The highest BCUT2D eigenvalue weighted by Gasteiger charge is 2.34. The van der Waals surface area contributed by atoms with Crippen LogP contribution in [0.3, 0.4) is 0 Å². The number of amides is 1. The van der Waals surface area contributed by atoms with E-state index in [1.54, 1.807) is 11.9 Å². The molecule has 2 heterocycles. The van der Waals surface area contributed by atoms with E-state index in [4.69, 9.17) is 0 Å². The number of aliphatic hydroxyl groups is 1. The van der Waals surface area contributed by atoms with Crippen LogP contribution in [0.1, 0.15) is 41.0 Å². The molecule has 1 aliphatic carbocycles. The number of aryl methyl sites for hydroxylation is 2. The van der Waals surface area contributed by atoms with Crippen molar-refractivity contribution in [1.29, 1.82) is 0 Å². The minimum atomic E-state index is -0.696. The molecule has 0 saturated heterocycles. The van der Waals surface area contributed by atoms with Crippen molar-refractivity contribution in [2.75, 3.05) is 13.6 Å². The first-order chi connectivity index (χ1) is 9.89. The highest BCUT2D eigenvalue weighted by Crippen LogP contribution is 2.32. The number of carbonyl (C=O) groups is 1. The summed E-state index contributed by atoms with van der Waals surface area (Å²) in [7, 11) is 3.67. The van der Waals surface area contributed by atoms with Gasteiger partial charge < -0.3 is 10.0 Å². The quantitative estimate of drug-likeness (QED) is 0.946. The number of hydrogen-bond donors (Lipinski definition) is 1. The lowest BCUT2D eigenvalue weighted by molar-refractivity contribution is 0.0158. The zero-order valence-corrected chi connectivity index (χ0v) is 13.5. The zero-order valence-electron chi connectivity index (χ0n) is 12.7. The van der Waals surface area contributed by atoms with E-state index in [9.17, 15) is 9.90 Å². The predicted octanol–water partition coefficient (Wildman–Crippen LogP) is 2.32. The average Bonchev–Trinajstić information content (AvgIpc) is 3.08. The van der Waals surface area contributed by atoms with Gasteiger partial charge in [0.15, 0.2) is 0 Å². The van der Waals surface area contributed by atoms with Crippen molar-refractivity contribution in [3.63, 3.8) is 0 Å². The van der Waals surface area contributed by atoms with Crippen LogP contribution in [-0.4, -0.2) is 44.9 Å². The van der Waals surface area contributed by atoms with Gasteiger partial charge in [0.05, 0.1) is 16.2 Å². The Kier molecular flexibility index (Phi) is 3.53. The topological polar surface area (TPSA) is 58.4 Å². The maximum atomic E-state index is 12.6. The van der Waals surface area contributed by atoms with E-state index in [1.165, 1.54) is 11.3 Å². The molecule has 0 bridgehead atoms. The molecule has 114 valence electrons. The van der Waals surface area contributed by atoms with Crippen LogP contribution in [0, 0.1) is 6.92 Å². The van der Waals surface area contributed by atoms with Gasteiger partial charge in [-0.05, 0) is 25.8 Å². The lowest BCUT2D eigenvalue weighted by atomic mass is 10.0. The van der Waals surface area contributed by atoms with Gasteiger partial charge in [0.25, 0.3) is 5.91 Å². The molecule has 5 nitrogen and oxygen atoms in total. The Balaban J connectivity index is 1.81. The number of fused-ring (bicyclic) bond motifs is 1. The van der Waals surface area contributed by atoms with Gasteiger partial charge in [-0.1, -0.05) is 12.8 Å². The van der Waals surface area contributed by atoms with Crippen LogP contribution in [-0.2, 0) is 7.05 Å². The molecule has 21 heavy (non-hydrogen) atoms. The van der Waals surface area contributed by atoms with Crippen LogP contribution in [0.25, 0.3) is 10.2 Å². The Morgan fingerprint density at radius 1 is 1.52 bits per heavy atom. The number of hydrogen-bond acceptors (Lipinski definition) is 4.